The van der Waals surface area contributed by atoms with Gasteiger partial charge in [-0.1, -0.05) is 0 Å². The summed E-state index contributed by atoms with van der Waals surface area (Å²) < 4.78 is 32.9. The van der Waals surface area contributed by atoms with Gasteiger partial charge < -0.3 is 20.7 Å². The predicted molar refractivity (Wildman–Crippen MR) is 142 cm³/mol. The maximum Gasteiger partial charge on any atom is 0.331 e. The molecule has 194 valence electrons. The van der Waals surface area contributed by atoms with Crippen molar-refractivity contribution in [1.82, 2.24) is 15.6 Å². The van der Waals surface area contributed by atoms with Gasteiger partial charge in [0, 0.05) is 24.8 Å². The molecule has 2 aliphatic heterocycles. The number of nitrogens with one attached hydrogen (secondary N) is 3. The number of urea groups is 1. The molecular weight excluding hydrogens is 512 g/mol. The number of amides is 3. The Labute approximate surface area is 220 Å². The Hall–Kier alpha value is -4.09. The van der Waals surface area contributed by atoms with Gasteiger partial charge in [0.15, 0.2) is 11.6 Å². The molecule has 2 aromatic carbocycles. The quantitative estimate of drug-likeness (QED) is 0.298. The van der Waals surface area contributed by atoms with E-state index in [1.165, 1.54) is 22.3 Å². The number of hydrogen-bond donors (Lipinski definition) is 3. The largest absolute Gasteiger partial charge is 0.454 e. The van der Waals surface area contributed by atoms with E-state index in [2.05, 4.69) is 20.9 Å². The van der Waals surface area contributed by atoms with Gasteiger partial charge in [-0.25, -0.2) is 18.6 Å². The summed E-state index contributed by atoms with van der Waals surface area (Å²) in [7, 11) is 0. The number of piperidine rings is 1. The van der Waals surface area contributed by atoms with Gasteiger partial charge in [0.1, 0.15) is 21.3 Å². The third-order valence-corrected chi connectivity index (χ3v) is 7.71. The highest BCUT2D eigenvalue weighted by Crippen LogP contribution is 2.46. The van der Waals surface area contributed by atoms with Gasteiger partial charge in [-0.2, -0.15) is 0 Å². The van der Waals surface area contributed by atoms with E-state index in [0.29, 0.717) is 50.0 Å². The molecule has 0 saturated carbocycles. The van der Waals surface area contributed by atoms with Crippen molar-refractivity contribution in [3.8, 4) is 11.5 Å². The fourth-order valence-corrected chi connectivity index (χ4v) is 5.86. The molecule has 1 saturated heterocycles. The predicted octanol–water partition coefficient (Wildman–Crippen LogP) is 5.84. The summed E-state index contributed by atoms with van der Waals surface area (Å²) in [5.41, 5.74) is 2.33. The van der Waals surface area contributed by atoms with E-state index >= 15 is 0 Å². The molecule has 0 radical (unpaired) electrons. The second-order valence-corrected chi connectivity index (χ2v) is 10.2. The second kappa shape index (κ2) is 9.66. The highest BCUT2D eigenvalue weighted by atomic mass is 32.1. The first kappa shape index (κ1) is 24.3. The molecule has 11 heteroatoms. The smallest absolute Gasteiger partial charge is 0.331 e. The van der Waals surface area contributed by atoms with Crippen LogP contribution in [0, 0.1) is 18.6 Å². The van der Waals surface area contributed by atoms with Gasteiger partial charge in [-0.05, 0) is 68.3 Å². The van der Waals surface area contributed by atoms with Gasteiger partial charge in [0.25, 0.3) is 5.91 Å². The van der Waals surface area contributed by atoms with Crippen molar-refractivity contribution < 1.29 is 23.1 Å². The third-order valence-electron chi connectivity index (χ3n) is 6.62. The maximum absolute atomic E-state index is 14.1. The fraction of sp³-hybridized carbons (Fsp3) is 0.222. The van der Waals surface area contributed by atoms with Crippen LogP contribution in [0.2, 0.25) is 0 Å². The normalized spacial score (nSPS) is 16.9. The minimum atomic E-state index is -0.814. The van der Waals surface area contributed by atoms with Crippen molar-refractivity contribution in [2.75, 3.05) is 23.3 Å². The Kier molecular flexibility index (Phi) is 6.16. The number of aromatic nitrogens is 1. The van der Waals surface area contributed by atoms with Crippen LogP contribution in [0.25, 0.3) is 10.2 Å². The van der Waals surface area contributed by atoms with Crippen molar-refractivity contribution >= 4 is 50.6 Å². The van der Waals surface area contributed by atoms with Crippen LogP contribution in [-0.2, 0) is 0 Å². The van der Waals surface area contributed by atoms with Crippen LogP contribution in [0.1, 0.15) is 28.1 Å². The van der Waals surface area contributed by atoms with Crippen molar-refractivity contribution in [2.45, 2.75) is 25.8 Å². The fourth-order valence-electron chi connectivity index (χ4n) is 4.84. The number of hydrogen-bond acceptors (Lipinski definition) is 6. The topological polar surface area (TPSA) is 95.6 Å². The number of halogens is 2. The first-order valence-corrected chi connectivity index (χ1v) is 13.0. The highest BCUT2D eigenvalue weighted by molar-refractivity contribution is 7.21. The van der Waals surface area contributed by atoms with Crippen LogP contribution in [0.15, 0.2) is 48.7 Å². The van der Waals surface area contributed by atoms with Crippen molar-refractivity contribution in [3.05, 3.63) is 70.7 Å². The molecule has 6 rings (SSSR count). The van der Waals surface area contributed by atoms with E-state index in [-0.39, 0.29) is 17.7 Å². The Balaban J connectivity index is 1.33. The van der Waals surface area contributed by atoms with Crippen LogP contribution in [0.3, 0.4) is 0 Å². The number of carbonyl (C=O) groups is 2. The number of pyridine rings is 1. The van der Waals surface area contributed by atoms with Crippen LogP contribution < -0.4 is 25.6 Å². The highest BCUT2D eigenvalue weighted by Gasteiger charge is 2.33. The van der Waals surface area contributed by atoms with Gasteiger partial charge >= 0.3 is 6.03 Å². The molecule has 0 aliphatic carbocycles. The Morgan fingerprint density at radius 2 is 2.05 bits per heavy atom. The molecule has 2 aliphatic rings. The summed E-state index contributed by atoms with van der Waals surface area (Å²) in [4.78, 5) is 33.6. The van der Waals surface area contributed by atoms with Crippen molar-refractivity contribution in [3.63, 3.8) is 0 Å². The first-order chi connectivity index (χ1) is 18.4. The SMILES string of the molecule is Cc1cc(Oc2ccc(F)cc2F)ccc1N1C(=O)Nc2c(C(=O)NC3CCCNC3)sc3nccc1c23. The van der Waals surface area contributed by atoms with Gasteiger partial charge in [-0.3, -0.25) is 9.69 Å². The Bertz CT molecular complexity index is 1580. The number of rotatable bonds is 5. The average molecular weight is 536 g/mol. The molecule has 0 bridgehead atoms. The monoisotopic (exact) mass is 535 g/mol. The van der Waals surface area contributed by atoms with Gasteiger partial charge in [0.05, 0.1) is 22.4 Å². The third kappa shape index (κ3) is 4.33. The molecule has 38 heavy (non-hydrogen) atoms. The number of thiophene rings is 1. The summed E-state index contributed by atoms with van der Waals surface area (Å²) in [5.74, 6) is -1.52. The zero-order valence-corrected chi connectivity index (χ0v) is 21.1. The minimum absolute atomic E-state index is 0.0312. The Morgan fingerprint density at radius 1 is 1.18 bits per heavy atom. The van der Waals surface area contributed by atoms with E-state index in [0.717, 1.165) is 31.5 Å². The number of ether oxygens (including phenoxy) is 1. The molecule has 2 aromatic heterocycles. The minimum Gasteiger partial charge on any atom is -0.454 e. The summed E-state index contributed by atoms with van der Waals surface area (Å²) in [6, 6.07) is 9.41. The summed E-state index contributed by atoms with van der Waals surface area (Å²) in [5, 5.41) is 9.94. The first-order valence-electron chi connectivity index (χ1n) is 12.2. The standard InChI is InChI=1S/C27H23F2N5O3S/c1-14-11-17(37-21-7-4-15(28)12-18(21)29)5-6-19(14)34-20-8-10-31-26-22(20)23(33-27(34)36)24(38-26)25(35)32-16-3-2-9-30-13-16/h4-8,10-12,16,30H,2-3,9,13H2,1H3,(H,32,35)(H,33,36). The zero-order valence-electron chi connectivity index (χ0n) is 20.3. The average Bonchev–Trinajstić information content (AvgIpc) is 3.27. The molecule has 8 nitrogen and oxygen atoms in total. The molecule has 1 atom stereocenters. The Morgan fingerprint density at radius 3 is 2.82 bits per heavy atom. The summed E-state index contributed by atoms with van der Waals surface area (Å²) >= 11 is 1.24. The number of carbonyl (C=O) groups excluding carboxylic acids is 2. The molecule has 4 heterocycles. The van der Waals surface area contributed by atoms with Crippen LogP contribution in [-0.4, -0.2) is 36.1 Å². The van der Waals surface area contributed by atoms with Crippen molar-refractivity contribution in [1.29, 1.82) is 0 Å². The van der Waals surface area contributed by atoms with E-state index in [4.69, 9.17) is 4.74 Å². The molecule has 3 amide bonds. The lowest BCUT2D eigenvalue weighted by Gasteiger charge is -2.30. The molecule has 1 unspecified atom stereocenters. The molecule has 0 spiro atoms. The lowest BCUT2D eigenvalue weighted by atomic mass is 10.1. The molecule has 1 fully saturated rings. The van der Waals surface area contributed by atoms with E-state index in [1.54, 1.807) is 37.4 Å². The van der Waals surface area contributed by atoms with Crippen molar-refractivity contribution in [2.24, 2.45) is 0 Å². The molecule has 4 aromatic rings. The number of aryl methyl sites for hydroxylation is 1. The van der Waals surface area contributed by atoms with Gasteiger partial charge in [0.2, 0.25) is 0 Å². The molecular formula is C27H23F2N5O3S. The number of benzene rings is 2. The van der Waals surface area contributed by atoms with Crippen LogP contribution >= 0.6 is 11.3 Å². The second-order valence-electron chi connectivity index (χ2n) is 9.22. The van der Waals surface area contributed by atoms with E-state index in [9.17, 15) is 18.4 Å². The van der Waals surface area contributed by atoms with E-state index in [1.807, 2.05) is 0 Å². The summed E-state index contributed by atoms with van der Waals surface area (Å²) in [6.07, 6.45) is 3.50. The van der Waals surface area contributed by atoms with Crippen LogP contribution in [0.5, 0.6) is 11.5 Å². The lowest BCUT2D eigenvalue weighted by molar-refractivity contribution is 0.0935. The van der Waals surface area contributed by atoms with E-state index < -0.39 is 17.7 Å². The number of nitrogens with zero attached hydrogens (tertiary/aromatic N) is 2. The lowest BCUT2D eigenvalue weighted by Crippen LogP contribution is -2.45. The summed E-state index contributed by atoms with van der Waals surface area (Å²) in [6.45, 7) is 3.45. The maximum atomic E-state index is 14.1. The zero-order chi connectivity index (χ0) is 26.4. The number of anilines is 3. The van der Waals surface area contributed by atoms with Crippen LogP contribution in [0.4, 0.5) is 30.6 Å². The molecule has 3 N–H and O–H groups in total. The van der Waals surface area contributed by atoms with Gasteiger partial charge in [-0.15, -0.1) is 11.3 Å².